The number of aromatic carboxylic acids is 1. The van der Waals surface area contributed by atoms with Gasteiger partial charge in [-0.2, -0.15) is 0 Å². The summed E-state index contributed by atoms with van der Waals surface area (Å²) in [5.41, 5.74) is 7.82. The monoisotopic (exact) mass is 450 g/mol. The Balaban J connectivity index is 0.00000141. The highest BCUT2D eigenvalue weighted by Gasteiger charge is 2.31. The van der Waals surface area contributed by atoms with Crippen LogP contribution in [0.15, 0.2) is 29.2 Å². The van der Waals surface area contributed by atoms with Gasteiger partial charge in [0, 0.05) is 31.4 Å². The summed E-state index contributed by atoms with van der Waals surface area (Å²) < 4.78 is 43.7. The fraction of sp³-hybridized carbons (Fsp3) is 0.238. The lowest BCUT2D eigenvalue weighted by Gasteiger charge is -2.39. The van der Waals surface area contributed by atoms with E-state index in [4.69, 9.17) is 11.5 Å². The van der Waals surface area contributed by atoms with Gasteiger partial charge in [-0.05, 0) is 12.1 Å². The Hall–Kier alpha value is -3.73. The quantitative estimate of drug-likeness (QED) is 0.451. The minimum absolute atomic E-state index is 0.227. The van der Waals surface area contributed by atoms with Crippen LogP contribution in [0.4, 0.5) is 24.5 Å². The van der Waals surface area contributed by atoms with Gasteiger partial charge < -0.3 is 31.1 Å². The standard InChI is InChI=1S/C19H15F3N4O4.C2H6/c20-10-2-11(21)14(3-13(10)24)26-6-9(19(29)30)17(27)8-1-12(22)16(18(28)15(8)26)25-4-7(23)5-25;1-2/h1-3,6-7,28H,4-5,23-24H2,(H,29,30);1-2H3. The van der Waals surface area contributed by atoms with Crippen LogP contribution in [0.25, 0.3) is 16.6 Å². The van der Waals surface area contributed by atoms with E-state index in [2.05, 4.69) is 0 Å². The van der Waals surface area contributed by atoms with Crippen LogP contribution in [0.2, 0.25) is 0 Å². The fourth-order valence-electron chi connectivity index (χ4n) is 3.51. The lowest BCUT2D eigenvalue weighted by molar-refractivity contribution is 0.0695. The maximum absolute atomic E-state index is 14.7. The largest absolute Gasteiger partial charge is 0.504 e. The van der Waals surface area contributed by atoms with Crippen LogP contribution >= 0.6 is 0 Å². The van der Waals surface area contributed by atoms with Crippen molar-refractivity contribution in [2.45, 2.75) is 19.9 Å². The van der Waals surface area contributed by atoms with Crippen molar-refractivity contribution in [2.75, 3.05) is 23.7 Å². The summed E-state index contributed by atoms with van der Waals surface area (Å²) in [6.07, 6.45) is 0.770. The third-order valence-electron chi connectivity index (χ3n) is 4.97. The predicted octanol–water partition coefficient (Wildman–Crippen LogP) is 2.57. The highest BCUT2D eigenvalue weighted by Crippen LogP contribution is 2.40. The number of carboxylic acids is 1. The number of phenolic OH excluding ortho intramolecular Hbond substituents is 1. The number of carbonyl (C=O) groups is 1. The zero-order valence-corrected chi connectivity index (χ0v) is 17.2. The third kappa shape index (κ3) is 3.60. The molecule has 6 N–H and O–H groups in total. The molecule has 0 unspecified atom stereocenters. The summed E-state index contributed by atoms with van der Waals surface area (Å²) in [6.45, 7) is 4.45. The van der Waals surface area contributed by atoms with Gasteiger partial charge in [0.15, 0.2) is 11.6 Å². The second-order valence-electron chi connectivity index (χ2n) is 6.99. The highest BCUT2D eigenvalue weighted by atomic mass is 19.1. The molecule has 0 bridgehead atoms. The van der Waals surface area contributed by atoms with E-state index in [-0.39, 0.29) is 30.3 Å². The summed E-state index contributed by atoms with van der Waals surface area (Å²) >= 11 is 0. The van der Waals surface area contributed by atoms with Gasteiger partial charge >= 0.3 is 5.97 Å². The molecular formula is C21H21F3N4O4. The molecule has 1 fully saturated rings. The first-order valence-corrected chi connectivity index (χ1v) is 9.69. The minimum Gasteiger partial charge on any atom is -0.504 e. The van der Waals surface area contributed by atoms with Gasteiger partial charge in [-0.25, -0.2) is 18.0 Å². The molecule has 3 aromatic rings. The van der Waals surface area contributed by atoms with E-state index in [9.17, 15) is 33.0 Å². The molecule has 32 heavy (non-hydrogen) atoms. The lowest BCUT2D eigenvalue weighted by Crippen LogP contribution is -2.56. The SMILES string of the molecule is CC.Nc1cc(-n2cc(C(=O)O)c(=O)c3cc(F)c(N4CC(N)C4)c(O)c32)c(F)cc1F. The third-order valence-corrected chi connectivity index (χ3v) is 4.97. The molecule has 1 aliphatic rings. The number of anilines is 2. The van der Waals surface area contributed by atoms with E-state index in [1.165, 1.54) is 4.90 Å². The smallest absolute Gasteiger partial charge is 0.341 e. The zero-order valence-electron chi connectivity index (χ0n) is 17.2. The van der Waals surface area contributed by atoms with Gasteiger partial charge in [0.1, 0.15) is 28.4 Å². The molecule has 1 aliphatic heterocycles. The Bertz CT molecular complexity index is 1290. The van der Waals surface area contributed by atoms with Gasteiger partial charge in [-0.1, -0.05) is 13.8 Å². The number of pyridine rings is 1. The van der Waals surface area contributed by atoms with Gasteiger partial charge in [0.2, 0.25) is 5.43 Å². The molecule has 1 aromatic heterocycles. The Morgan fingerprint density at radius 1 is 1.09 bits per heavy atom. The van der Waals surface area contributed by atoms with Crippen molar-refractivity contribution in [1.29, 1.82) is 0 Å². The number of nitrogen functional groups attached to an aromatic ring is 1. The normalized spacial score (nSPS) is 13.5. The first-order chi connectivity index (χ1) is 15.1. The molecule has 1 saturated heterocycles. The van der Waals surface area contributed by atoms with Gasteiger partial charge in [0.05, 0.1) is 16.8 Å². The summed E-state index contributed by atoms with van der Waals surface area (Å²) in [5, 5.41) is 19.7. The van der Waals surface area contributed by atoms with E-state index in [1.807, 2.05) is 13.8 Å². The van der Waals surface area contributed by atoms with Crippen LogP contribution < -0.4 is 21.8 Å². The number of rotatable bonds is 3. The van der Waals surface area contributed by atoms with E-state index in [0.29, 0.717) is 6.07 Å². The van der Waals surface area contributed by atoms with E-state index in [1.54, 1.807) is 0 Å². The molecule has 2 heterocycles. The molecule has 11 heteroatoms. The Labute approximate surface area is 180 Å². The second-order valence-corrected chi connectivity index (χ2v) is 6.99. The second kappa shape index (κ2) is 8.42. The highest BCUT2D eigenvalue weighted by molar-refractivity contribution is 5.97. The van der Waals surface area contributed by atoms with Crippen LogP contribution in [0.3, 0.4) is 0 Å². The molecule has 0 radical (unpaired) electrons. The van der Waals surface area contributed by atoms with Crippen molar-refractivity contribution in [1.82, 2.24) is 4.57 Å². The van der Waals surface area contributed by atoms with Gasteiger partial charge in [-0.3, -0.25) is 4.79 Å². The van der Waals surface area contributed by atoms with Crippen molar-refractivity contribution in [3.05, 3.63) is 57.6 Å². The number of carboxylic acid groups (broad SMARTS) is 1. The van der Waals surface area contributed by atoms with Crippen LogP contribution in [0.1, 0.15) is 24.2 Å². The molecule has 0 aliphatic carbocycles. The number of phenols is 1. The lowest BCUT2D eigenvalue weighted by atomic mass is 10.0. The number of benzene rings is 2. The average Bonchev–Trinajstić information content (AvgIpc) is 2.71. The maximum atomic E-state index is 14.7. The fourth-order valence-corrected chi connectivity index (χ4v) is 3.51. The number of fused-ring (bicyclic) bond motifs is 1. The first-order valence-electron chi connectivity index (χ1n) is 9.69. The van der Waals surface area contributed by atoms with E-state index >= 15 is 0 Å². The topological polar surface area (TPSA) is 135 Å². The first kappa shape index (κ1) is 22.9. The molecule has 2 aromatic carbocycles. The number of hydrogen-bond donors (Lipinski definition) is 4. The summed E-state index contributed by atoms with van der Waals surface area (Å²) in [6, 6.07) is 1.88. The van der Waals surface area contributed by atoms with Crippen LogP contribution in [0, 0.1) is 17.5 Å². The van der Waals surface area contributed by atoms with E-state index in [0.717, 1.165) is 22.9 Å². The van der Waals surface area contributed by atoms with Crippen molar-refractivity contribution in [2.24, 2.45) is 5.73 Å². The molecular weight excluding hydrogens is 429 g/mol. The summed E-state index contributed by atoms with van der Waals surface area (Å²) in [4.78, 5) is 25.5. The maximum Gasteiger partial charge on any atom is 0.341 e. The minimum atomic E-state index is -1.65. The molecule has 170 valence electrons. The van der Waals surface area contributed by atoms with Crippen LogP contribution in [-0.4, -0.2) is 39.9 Å². The molecule has 0 spiro atoms. The number of halogens is 3. The number of nitrogens with two attached hydrogens (primary N) is 2. The van der Waals surface area contributed by atoms with Gasteiger partial charge in [-0.15, -0.1) is 0 Å². The van der Waals surface area contributed by atoms with Crippen LogP contribution in [0.5, 0.6) is 5.75 Å². The molecule has 0 saturated carbocycles. The Morgan fingerprint density at radius 3 is 2.28 bits per heavy atom. The average molecular weight is 450 g/mol. The van der Waals surface area contributed by atoms with Crippen molar-refractivity contribution in [3.8, 4) is 11.4 Å². The predicted molar refractivity (Wildman–Crippen MR) is 114 cm³/mol. The van der Waals surface area contributed by atoms with Crippen LogP contribution in [-0.2, 0) is 0 Å². The molecule has 0 amide bonds. The summed E-state index contributed by atoms with van der Waals surface area (Å²) in [5.74, 6) is -5.53. The van der Waals surface area contributed by atoms with E-state index < -0.39 is 56.9 Å². The van der Waals surface area contributed by atoms with Gasteiger partial charge in [0.25, 0.3) is 0 Å². The number of aromatic nitrogens is 1. The Morgan fingerprint density at radius 2 is 1.72 bits per heavy atom. The molecule has 8 nitrogen and oxygen atoms in total. The molecule has 4 rings (SSSR count). The summed E-state index contributed by atoms with van der Waals surface area (Å²) in [7, 11) is 0. The molecule has 0 atom stereocenters. The Kier molecular flexibility index (Phi) is 6.04. The van der Waals surface area contributed by atoms with Crippen molar-refractivity contribution in [3.63, 3.8) is 0 Å². The number of nitrogens with zero attached hydrogens (tertiary/aromatic N) is 2. The van der Waals surface area contributed by atoms with Crippen molar-refractivity contribution >= 4 is 28.2 Å². The number of hydrogen-bond acceptors (Lipinski definition) is 6. The number of aromatic hydroxyl groups is 1. The zero-order chi connectivity index (χ0) is 23.9. The van der Waals surface area contributed by atoms with Crippen molar-refractivity contribution < 1.29 is 28.2 Å².